The number of hydrogen-bond acceptors (Lipinski definition) is 2. The monoisotopic (exact) mass is 247 g/mol. The van der Waals surface area contributed by atoms with Gasteiger partial charge in [-0.3, -0.25) is 4.98 Å². The van der Waals surface area contributed by atoms with Gasteiger partial charge < -0.3 is 5.11 Å². The van der Waals surface area contributed by atoms with Crippen molar-refractivity contribution in [3.8, 4) is 28.1 Å². The smallest absolute Gasteiger partial charge is 0.141 e. The molecule has 0 aliphatic heterocycles. The molecule has 19 heavy (non-hydrogen) atoms. The Morgan fingerprint density at radius 1 is 0.632 bits per heavy atom. The third-order valence-electron chi connectivity index (χ3n) is 3.05. The molecule has 0 aliphatic rings. The molecule has 0 radical (unpaired) electrons. The van der Waals surface area contributed by atoms with E-state index in [1.807, 2.05) is 42.5 Å². The molecule has 0 aliphatic carbocycles. The standard InChI is InChI=1S/C17H13NO/c19-16-7-4-12-18-17(16)15-10-8-14(9-11-15)13-5-2-1-3-6-13/h1-12,19H. The van der Waals surface area contributed by atoms with Gasteiger partial charge in [-0.05, 0) is 23.3 Å². The molecule has 0 bridgehead atoms. The van der Waals surface area contributed by atoms with Gasteiger partial charge in [-0.25, -0.2) is 0 Å². The predicted molar refractivity (Wildman–Crippen MR) is 76.8 cm³/mol. The molecule has 3 aromatic rings. The van der Waals surface area contributed by atoms with Crippen LogP contribution in [-0.2, 0) is 0 Å². The molecule has 0 saturated heterocycles. The molecule has 2 nitrogen and oxygen atoms in total. The van der Waals surface area contributed by atoms with Crippen molar-refractivity contribution >= 4 is 0 Å². The average Bonchev–Trinajstić information content (AvgIpc) is 2.49. The maximum atomic E-state index is 9.79. The molecule has 1 aromatic heterocycles. The number of benzene rings is 2. The van der Waals surface area contributed by atoms with Gasteiger partial charge in [-0.2, -0.15) is 0 Å². The second-order valence-corrected chi connectivity index (χ2v) is 4.31. The van der Waals surface area contributed by atoms with E-state index < -0.39 is 0 Å². The molecule has 0 saturated carbocycles. The zero-order chi connectivity index (χ0) is 13.1. The molecular weight excluding hydrogens is 234 g/mol. The van der Waals surface area contributed by atoms with Crippen LogP contribution in [0.15, 0.2) is 72.9 Å². The van der Waals surface area contributed by atoms with Gasteiger partial charge in [0, 0.05) is 11.8 Å². The van der Waals surface area contributed by atoms with Crippen LogP contribution in [0.5, 0.6) is 5.75 Å². The van der Waals surface area contributed by atoms with E-state index in [0.717, 1.165) is 11.1 Å². The van der Waals surface area contributed by atoms with Gasteiger partial charge in [0.2, 0.25) is 0 Å². The molecule has 0 fully saturated rings. The van der Waals surface area contributed by atoms with E-state index in [1.165, 1.54) is 5.56 Å². The van der Waals surface area contributed by atoms with Crippen LogP contribution in [0.2, 0.25) is 0 Å². The summed E-state index contributed by atoms with van der Waals surface area (Å²) in [4.78, 5) is 4.20. The maximum absolute atomic E-state index is 9.79. The fourth-order valence-electron chi connectivity index (χ4n) is 2.07. The third-order valence-corrected chi connectivity index (χ3v) is 3.05. The molecule has 0 spiro atoms. The molecule has 92 valence electrons. The Balaban J connectivity index is 1.98. The van der Waals surface area contributed by atoms with Crippen molar-refractivity contribution in [1.82, 2.24) is 4.98 Å². The number of aromatic nitrogens is 1. The highest BCUT2D eigenvalue weighted by molar-refractivity contribution is 5.71. The highest BCUT2D eigenvalue weighted by atomic mass is 16.3. The van der Waals surface area contributed by atoms with E-state index in [4.69, 9.17) is 0 Å². The summed E-state index contributed by atoms with van der Waals surface area (Å²) < 4.78 is 0. The van der Waals surface area contributed by atoms with Crippen LogP contribution in [0.4, 0.5) is 0 Å². The van der Waals surface area contributed by atoms with E-state index in [2.05, 4.69) is 17.1 Å². The summed E-state index contributed by atoms with van der Waals surface area (Å²) in [5.74, 6) is 0.204. The third kappa shape index (κ3) is 2.33. The molecule has 0 atom stereocenters. The normalized spacial score (nSPS) is 10.3. The number of aromatic hydroxyl groups is 1. The van der Waals surface area contributed by atoms with E-state index in [-0.39, 0.29) is 5.75 Å². The summed E-state index contributed by atoms with van der Waals surface area (Å²) in [6, 6.07) is 21.6. The summed E-state index contributed by atoms with van der Waals surface area (Å²) in [6.07, 6.45) is 1.68. The Labute approximate surface area is 112 Å². The van der Waals surface area contributed by atoms with Gasteiger partial charge in [-0.1, -0.05) is 54.6 Å². The summed E-state index contributed by atoms with van der Waals surface area (Å²) >= 11 is 0. The van der Waals surface area contributed by atoms with E-state index in [1.54, 1.807) is 18.3 Å². The number of pyridine rings is 1. The van der Waals surface area contributed by atoms with E-state index in [9.17, 15) is 5.11 Å². The molecule has 1 heterocycles. The van der Waals surface area contributed by atoms with Gasteiger partial charge in [0.25, 0.3) is 0 Å². The SMILES string of the molecule is Oc1cccnc1-c1ccc(-c2ccccc2)cc1. The topological polar surface area (TPSA) is 33.1 Å². The second kappa shape index (κ2) is 4.94. The summed E-state index contributed by atoms with van der Waals surface area (Å²) in [7, 11) is 0. The van der Waals surface area contributed by atoms with Crippen LogP contribution in [0.1, 0.15) is 0 Å². The van der Waals surface area contributed by atoms with Crippen molar-refractivity contribution in [2.24, 2.45) is 0 Å². The van der Waals surface area contributed by atoms with E-state index >= 15 is 0 Å². The van der Waals surface area contributed by atoms with Gasteiger partial charge in [-0.15, -0.1) is 0 Å². The zero-order valence-corrected chi connectivity index (χ0v) is 10.3. The van der Waals surface area contributed by atoms with Gasteiger partial charge in [0.05, 0.1) is 0 Å². The summed E-state index contributed by atoms with van der Waals surface area (Å²) in [5, 5.41) is 9.79. The number of rotatable bonds is 2. The summed E-state index contributed by atoms with van der Waals surface area (Å²) in [6.45, 7) is 0. The lowest BCUT2D eigenvalue weighted by Crippen LogP contribution is -1.84. The lowest BCUT2D eigenvalue weighted by atomic mass is 10.0. The highest BCUT2D eigenvalue weighted by Crippen LogP contribution is 2.28. The van der Waals surface area contributed by atoms with Gasteiger partial charge in [0.15, 0.2) is 0 Å². The first kappa shape index (κ1) is 11.5. The van der Waals surface area contributed by atoms with Gasteiger partial charge >= 0.3 is 0 Å². The Morgan fingerprint density at radius 2 is 1.26 bits per heavy atom. The van der Waals surface area contributed by atoms with E-state index in [0.29, 0.717) is 5.69 Å². The van der Waals surface area contributed by atoms with Crippen molar-refractivity contribution in [3.05, 3.63) is 72.9 Å². The molecule has 0 unspecified atom stereocenters. The number of nitrogens with zero attached hydrogens (tertiary/aromatic N) is 1. The first-order valence-corrected chi connectivity index (χ1v) is 6.14. The Morgan fingerprint density at radius 3 is 1.95 bits per heavy atom. The van der Waals surface area contributed by atoms with Crippen molar-refractivity contribution in [1.29, 1.82) is 0 Å². The Bertz CT molecular complexity index is 675. The predicted octanol–water partition coefficient (Wildman–Crippen LogP) is 4.12. The van der Waals surface area contributed by atoms with Crippen LogP contribution in [0, 0.1) is 0 Å². The first-order chi connectivity index (χ1) is 9.34. The fourth-order valence-corrected chi connectivity index (χ4v) is 2.07. The maximum Gasteiger partial charge on any atom is 0.141 e. The zero-order valence-electron chi connectivity index (χ0n) is 10.3. The average molecular weight is 247 g/mol. The minimum absolute atomic E-state index is 0.204. The van der Waals surface area contributed by atoms with Crippen molar-refractivity contribution in [3.63, 3.8) is 0 Å². The lowest BCUT2D eigenvalue weighted by molar-refractivity contribution is 0.475. The molecule has 0 amide bonds. The minimum Gasteiger partial charge on any atom is -0.506 e. The molecule has 2 aromatic carbocycles. The number of hydrogen-bond donors (Lipinski definition) is 1. The van der Waals surface area contributed by atoms with Crippen LogP contribution >= 0.6 is 0 Å². The minimum atomic E-state index is 0.204. The largest absolute Gasteiger partial charge is 0.506 e. The molecular formula is C17H13NO. The lowest BCUT2D eigenvalue weighted by Gasteiger charge is -2.05. The van der Waals surface area contributed by atoms with Crippen LogP contribution in [0.3, 0.4) is 0 Å². The summed E-state index contributed by atoms with van der Waals surface area (Å²) in [5.41, 5.74) is 3.86. The van der Waals surface area contributed by atoms with Crippen molar-refractivity contribution < 1.29 is 5.11 Å². The second-order valence-electron chi connectivity index (χ2n) is 4.31. The highest BCUT2D eigenvalue weighted by Gasteiger charge is 2.05. The van der Waals surface area contributed by atoms with Crippen LogP contribution in [0.25, 0.3) is 22.4 Å². The van der Waals surface area contributed by atoms with Crippen molar-refractivity contribution in [2.75, 3.05) is 0 Å². The first-order valence-electron chi connectivity index (χ1n) is 6.14. The fraction of sp³-hybridized carbons (Fsp3) is 0. The van der Waals surface area contributed by atoms with Crippen molar-refractivity contribution in [2.45, 2.75) is 0 Å². The Hall–Kier alpha value is -2.61. The quantitative estimate of drug-likeness (QED) is 0.738. The molecule has 1 N–H and O–H groups in total. The molecule has 2 heteroatoms. The molecule has 3 rings (SSSR count). The van der Waals surface area contributed by atoms with Crippen LogP contribution < -0.4 is 0 Å². The van der Waals surface area contributed by atoms with Gasteiger partial charge in [0.1, 0.15) is 11.4 Å². The Kier molecular flexibility index (Phi) is 2.99. The van der Waals surface area contributed by atoms with Crippen LogP contribution in [-0.4, -0.2) is 10.1 Å².